The summed E-state index contributed by atoms with van der Waals surface area (Å²) in [7, 11) is 1.55. The molecule has 1 aromatic carbocycles. The van der Waals surface area contributed by atoms with Crippen LogP contribution in [0.3, 0.4) is 0 Å². The van der Waals surface area contributed by atoms with Crippen molar-refractivity contribution in [2.24, 2.45) is 0 Å². The number of ether oxygens (including phenoxy) is 2. The highest BCUT2D eigenvalue weighted by atomic mass is 32.2. The molecule has 1 saturated carbocycles. The van der Waals surface area contributed by atoms with E-state index in [2.05, 4.69) is 15.3 Å². The molecule has 1 aliphatic carbocycles. The van der Waals surface area contributed by atoms with Crippen LogP contribution in [0.5, 0.6) is 11.8 Å². The van der Waals surface area contributed by atoms with E-state index >= 15 is 0 Å². The molecule has 138 valence electrons. The van der Waals surface area contributed by atoms with E-state index in [9.17, 15) is 4.79 Å². The number of nitrogens with one attached hydrogen (secondary N) is 1. The molecule has 6 nitrogen and oxygen atoms in total. The van der Waals surface area contributed by atoms with Crippen molar-refractivity contribution in [1.29, 1.82) is 0 Å². The Hall–Kier alpha value is -2.28. The fraction of sp³-hybridized carbons (Fsp3) is 0.421. The molecule has 0 spiro atoms. The van der Waals surface area contributed by atoms with E-state index in [0.717, 1.165) is 36.1 Å². The van der Waals surface area contributed by atoms with Crippen LogP contribution in [-0.4, -0.2) is 41.4 Å². The lowest BCUT2D eigenvalue weighted by Gasteiger charge is -2.29. The molecular formula is C19H23N3O3S. The van der Waals surface area contributed by atoms with Gasteiger partial charge in [-0.1, -0.05) is 12.1 Å². The first kappa shape index (κ1) is 18.5. The number of nitrogens with zero attached hydrogens (tertiary/aromatic N) is 2. The minimum Gasteiger partial charge on any atom is -0.480 e. The van der Waals surface area contributed by atoms with Gasteiger partial charge in [0.05, 0.1) is 25.1 Å². The zero-order chi connectivity index (χ0) is 18.4. The van der Waals surface area contributed by atoms with Crippen LogP contribution in [0.15, 0.2) is 41.6 Å². The lowest BCUT2D eigenvalue weighted by molar-refractivity contribution is 0.0886. The maximum atomic E-state index is 12.5. The average molecular weight is 373 g/mol. The van der Waals surface area contributed by atoms with E-state index in [-0.39, 0.29) is 18.1 Å². The number of hydrogen-bond acceptors (Lipinski definition) is 6. The van der Waals surface area contributed by atoms with Gasteiger partial charge < -0.3 is 14.8 Å². The fourth-order valence-electron chi connectivity index (χ4n) is 3.08. The zero-order valence-corrected chi connectivity index (χ0v) is 15.8. The van der Waals surface area contributed by atoms with Crippen LogP contribution >= 0.6 is 11.8 Å². The third kappa shape index (κ3) is 4.66. The van der Waals surface area contributed by atoms with Crippen molar-refractivity contribution in [3.8, 4) is 11.8 Å². The molecule has 0 unspecified atom stereocenters. The Kier molecular flexibility index (Phi) is 6.33. The first-order valence-corrected chi connectivity index (χ1v) is 9.88. The molecule has 1 amide bonds. The largest absolute Gasteiger partial charge is 0.480 e. The van der Waals surface area contributed by atoms with Crippen LogP contribution in [0.25, 0.3) is 0 Å². The first-order valence-electron chi connectivity index (χ1n) is 8.66. The minimum absolute atomic E-state index is 0.00187. The van der Waals surface area contributed by atoms with E-state index in [4.69, 9.17) is 9.47 Å². The third-order valence-electron chi connectivity index (χ3n) is 4.45. The van der Waals surface area contributed by atoms with Crippen molar-refractivity contribution < 1.29 is 14.3 Å². The van der Waals surface area contributed by atoms with Gasteiger partial charge in [0, 0.05) is 10.9 Å². The number of thioether (sulfide) groups is 1. The second-order valence-corrected chi connectivity index (χ2v) is 7.01. The third-order valence-corrected chi connectivity index (χ3v) is 5.24. The summed E-state index contributed by atoms with van der Waals surface area (Å²) in [5, 5.41) is 3.16. The van der Waals surface area contributed by atoms with E-state index in [1.165, 1.54) is 0 Å². The molecule has 1 aromatic heterocycles. The van der Waals surface area contributed by atoms with Crippen molar-refractivity contribution in [2.75, 3.05) is 13.4 Å². The molecule has 0 radical (unpaired) electrons. The van der Waals surface area contributed by atoms with E-state index in [1.54, 1.807) is 31.3 Å². The molecule has 1 fully saturated rings. The van der Waals surface area contributed by atoms with Crippen molar-refractivity contribution in [1.82, 2.24) is 15.3 Å². The predicted octanol–water partition coefficient (Wildman–Crippen LogP) is 3.33. The number of hydrogen-bond donors (Lipinski definition) is 1. The van der Waals surface area contributed by atoms with Crippen molar-refractivity contribution in [2.45, 2.75) is 42.7 Å². The van der Waals surface area contributed by atoms with Crippen LogP contribution in [0, 0.1) is 0 Å². The molecule has 0 saturated heterocycles. The summed E-state index contributed by atoms with van der Waals surface area (Å²) < 4.78 is 11.0. The van der Waals surface area contributed by atoms with Gasteiger partial charge in [0.15, 0.2) is 0 Å². The molecule has 1 aliphatic rings. The zero-order valence-electron chi connectivity index (χ0n) is 15.0. The van der Waals surface area contributed by atoms with Gasteiger partial charge in [0.1, 0.15) is 6.10 Å². The van der Waals surface area contributed by atoms with Gasteiger partial charge in [-0.2, -0.15) is 4.98 Å². The second-order valence-electron chi connectivity index (χ2n) is 6.16. The van der Waals surface area contributed by atoms with Crippen LogP contribution in [0.1, 0.15) is 36.0 Å². The Morgan fingerprint density at radius 3 is 2.62 bits per heavy atom. The molecule has 1 heterocycles. The van der Waals surface area contributed by atoms with Gasteiger partial charge >= 0.3 is 0 Å². The predicted molar refractivity (Wildman–Crippen MR) is 101 cm³/mol. The maximum absolute atomic E-state index is 12.5. The Morgan fingerprint density at radius 2 is 1.88 bits per heavy atom. The Morgan fingerprint density at radius 1 is 1.15 bits per heavy atom. The van der Waals surface area contributed by atoms with Gasteiger partial charge in [-0.3, -0.25) is 9.78 Å². The van der Waals surface area contributed by atoms with Crippen LogP contribution in [0.2, 0.25) is 0 Å². The average Bonchev–Trinajstić information content (AvgIpc) is 2.69. The highest BCUT2D eigenvalue weighted by molar-refractivity contribution is 7.98. The number of carbonyl (C=O) groups is 1. The smallest absolute Gasteiger partial charge is 0.252 e. The fourth-order valence-corrected chi connectivity index (χ4v) is 3.67. The highest BCUT2D eigenvalue weighted by Gasteiger charge is 2.25. The first-order chi connectivity index (χ1) is 12.7. The maximum Gasteiger partial charge on any atom is 0.252 e. The van der Waals surface area contributed by atoms with Crippen LogP contribution in [0.4, 0.5) is 0 Å². The number of aromatic nitrogens is 2. The summed E-state index contributed by atoms with van der Waals surface area (Å²) in [5.74, 6) is 0.916. The highest BCUT2D eigenvalue weighted by Crippen LogP contribution is 2.25. The summed E-state index contributed by atoms with van der Waals surface area (Å²) in [6.07, 6.45) is 8.72. The second kappa shape index (κ2) is 8.89. The Labute approximate surface area is 157 Å². The lowest BCUT2D eigenvalue weighted by Crippen LogP contribution is -2.39. The quantitative estimate of drug-likeness (QED) is 0.783. The summed E-state index contributed by atoms with van der Waals surface area (Å²) in [5.41, 5.74) is 0.741. The SMILES string of the molecule is COc1cncc(OC2CCC(NC(=O)c3ccccc3SC)CC2)n1. The summed E-state index contributed by atoms with van der Waals surface area (Å²) in [6.45, 7) is 0. The van der Waals surface area contributed by atoms with E-state index in [0.29, 0.717) is 11.8 Å². The van der Waals surface area contributed by atoms with E-state index in [1.807, 2.05) is 30.5 Å². The summed E-state index contributed by atoms with van der Waals surface area (Å²) in [6, 6.07) is 7.87. The van der Waals surface area contributed by atoms with Gasteiger partial charge in [-0.15, -0.1) is 11.8 Å². The van der Waals surface area contributed by atoms with Crippen LogP contribution in [-0.2, 0) is 0 Å². The summed E-state index contributed by atoms with van der Waals surface area (Å²) in [4.78, 5) is 21.8. The molecule has 7 heteroatoms. The molecule has 0 bridgehead atoms. The van der Waals surface area contributed by atoms with Crippen molar-refractivity contribution >= 4 is 17.7 Å². The molecule has 26 heavy (non-hydrogen) atoms. The minimum atomic E-state index is -0.00187. The molecular weight excluding hydrogens is 350 g/mol. The van der Waals surface area contributed by atoms with Crippen LogP contribution < -0.4 is 14.8 Å². The normalized spacial score (nSPS) is 19.6. The Bertz CT molecular complexity index is 748. The number of methoxy groups -OCH3 is 1. The molecule has 0 atom stereocenters. The van der Waals surface area contributed by atoms with Gasteiger partial charge in [-0.05, 0) is 44.1 Å². The van der Waals surface area contributed by atoms with Gasteiger partial charge in [0.2, 0.25) is 11.8 Å². The molecule has 1 N–H and O–H groups in total. The molecule has 0 aliphatic heterocycles. The Balaban J connectivity index is 1.51. The monoisotopic (exact) mass is 373 g/mol. The number of benzene rings is 1. The molecule has 3 rings (SSSR count). The standard InChI is InChI=1S/C19H23N3O3S/c1-24-17-11-20-12-18(22-17)25-14-9-7-13(8-10-14)21-19(23)15-5-3-4-6-16(15)26-2/h3-6,11-14H,7-10H2,1-2H3,(H,21,23). The van der Waals surface area contributed by atoms with E-state index < -0.39 is 0 Å². The number of rotatable bonds is 6. The lowest BCUT2D eigenvalue weighted by atomic mass is 9.92. The number of amides is 1. The van der Waals surface area contributed by atoms with Crippen molar-refractivity contribution in [3.63, 3.8) is 0 Å². The number of carbonyl (C=O) groups excluding carboxylic acids is 1. The van der Waals surface area contributed by atoms with Gasteiger partial charge in [0.25, 0.3) is 5.91 Å². The summed E-state index contributed by atoms with van der Waals surface area (Å²) >= 11 is 1.59. The molecule has 2 aromatic rings. The van der Waals surface area contributed by atoms with Gasteiger partial charge in [-0.25, -0.2) is 0 Å². The topological polar surface area (TPSA) is 73.3 Å². The van der Waals surface area contributed by atoms with Crippen molar-refractivity contribution in [3.05, 3.63) is 42.2 Å².